The SMILES string of the molecule is CN1CC2CCC(COc3nc(N4CC5(C4)SCc4sc(N)c(C#N)c45)nc(N(Cc4cccnc4N)C4COC4)n3)(C1)N2C. The third-order valence-electron chi connectivity index (χ3n) is 10.2. The van der Waals surface area contributed by atoms with Gasteiger partial charge in [-0.15, -0.1) is 23.1 Å². The van der Waals surface area contributed by atoms with E-state index in [1.807, 2.05) is 23.9 Å². The summed E-state index contributed by atoms with van der Waals surface area (Å²) in [6.07, 6.45) is 3.93. The van der Waals surface area contributed by atoms with Crippen molar-refractivity contribution in [1.29, 1.82) is 5.26 Å². The van der Waals surface area contributed by atoms with E-state index in [0.29, 0.717) is 79.8 Å². The number of aromatic nitrogens is 4. The van der Waals surface area contributed by atoms with E-state index in [1.54, 1.807) is 6.20 Å². The molecule has 3 aromatic heterocycles. The molecule has 0 amide bonds. The van der Waals surface area contributed by atoms with Gasteiger partial charge in [0, 0.05) is 66.7 Å². The first kappa shape index (κ1) is 29.0. The van der Waals surface area contributed by atoms with Crippen LogP contribution in [-0.4, -0.2) is 107 Å². The summed E-state index contributed by atoms with van der Waals surface area (Å²) in [5, 5.41) is 10.5. The van der Waals surface area contributed by atoms with E-state index in [2.05, 4.69) is 44.7 Å². The average molecular weight is 648 g/mol. The van der Waals surface area contributed by atoms with Crippen molar-refractivity contribution in [2.75, 3.05) is 81.4 Å². The van der Waals surface area contributed by atoms with Crippen LogP contribution in [0, 0.1) is 11.3 Å². The number of nitrogens with zero attached hydrogens (tertiary/aromatic N) is 9. The zero-order valence-electron chi connectivity index (χ0n) is 25.5. The lowest BCUT2D eigenvalue weighted by Gasteiger charge is -2.48. The molecule has 45 heavy (non-hydrogen) atoms. The number of likely N-dealkylation sites (tertiary alicyclic amines) is 1. The summed E-state index contributed by atoms with van der Waals surface area (Å²) in [7, 11) is 4.40. The molecule has 1 spiro atoms. The summed E-state index contributed by atoms with van der Waals surface area (Å²) in [6.45, 7) is 5.50. The number of ether oxygens (including phenoxy) is 2. The molecule has 8 rings (SSSR count). The first-order valence-corrected chi connectivity index (χ1v) is 17.1. The van der Waals surface area contributed by atoms with Crippen molar-refractivity contribution in [2.45, 2.75) is 47.5 Å². The molecule has 2 unspecified atom stereocenters. The number of pyridine rings is 1. The highest BCUT2D eigenvalue weighted by atomic mass is 32.2. The van der Waals surface area contributed by atoms with Gasteiger partial charge < -0.3 is 35.6 Å². The smallest absolute Gasteiger partial charge is 0.323 e. The van der Waals surface area contributed by atoms with E-state index < -0.39 is 0 Å². The van der Waals surface area contributed by atoms with Crippen molar-refractivity contribution < 1.29 is 9.47 Å². The number of hydrogen-bond acceptors (Lipinski definition) is 15. The predicted molar refractivity (Wildman–Crippen MR) is 174 cm³/mol. The number of nitriles is 1. The van der Waals surface area contributed by atoms with E-state index in [4.69, 9.17) is 35.9 Å². The first-order chi connectivity index (χ1) is 21.8. The Bertz CT molecular complexity index is 1670. The molecule has 0 aliphatic carbocycles. The molecule has 5 aliphatic rings. The number of hydrogen-bond donors (Lipinski definition) is 2. The van der Waals surface area contributed by atoms with Crippen LogP contribution < -0.4 is 26.0 Å². The Morgan fingerprint density at radius 3 is 2.80 bits per heavy atom. The molecule has 0 saturated carbocycles. The van der Waals surface area contributed by atoms with Gasteiger partial charge in [0.1, 0.15) is 23.5 Å². The van der Waals surface area contributed by atoms with Gasteiger partial charge in [0.05, 0.1) is 35.1 Å². The minimum atomic E-state index is -0.193. The van der Waals surface area contributed by atoms with Gasteiger partial charge in [0.2, 0.25) is 11.9 Å². The molecule has 8 heterocycles. The van der Waals surface area contributed by atoms with Crippen molar-refractivity contribution in [1.82, 2.24) is 29.7 Å². The number of likely N-dealkylation sites (N-methyl/N-ethyl adjacent to an activating group) is 2. The van der Waals surface area contributed by atoms with Gasteiger partial charge in [-0.2, -0.15) is 20.2 Å². The number of rotatable bonds is 8. The van der Waals surface area contributed by atoms with Crippen LogP contribution in [0.1, 0.15) is 34.4 Å². The summed E-state index contributed by atoms with van der Waals surface area (Å²) in [4.78, 5) is 29.5. The lowest BCUT2D eigenvalue weighted by molar-refractivity contribution is -0.00103. The third kappa shape index (κ3) is 4.77. The molecule has 4 saturated heterocycles. The minimum Gasteiger partial charge on any atom is -0.461 e. The molecule has 2 bridgehead atoms. The quantitative estimate of drug-likeness (QED) is 0.365. The molecule has 236 valence electrons. The van der Waals surface area contributed by atoms with Gasteiger partial charge in [-0.25, -0.2) is 4.98 Å². The lowest BCUT2D eigenvalue weighted by Crippen LogP contribution is -2.61. The van der Waals surface area contributed by atoms with Crippen LogP contribution in [0.4, 0.5) is 22.7 Å². The van der Waals surface area contributed by atoms with Crippen LogP contribution in [0.3, 0.4) is 0 Å². The normalized spacial score (nSPS) is 25.5. The number of thioether (sulfide) groups is 1. The standard InChI is InChI=1S/C30H37N11O2S2/c1-38-10-19-5-6-29(14-38,39(19)2)17-43-28-36-26(40-15-30(16-40)23-21(8-31)25(33)45-22(23)13-44-30)35-27(37-28)41(20-11-42-12-20)9-18-4-3-7-34-24(18)32/h3-4,7,19-20H,5-6,9-17,33H2,1-2H3,(H2,32,34). The highest BCUT2D eigenvalue weighted by Gasteiger charge is 2.53. The maximum absolute atomic E-state index is 9.88. The fourth-order valence-electron chi connectivity index (χ4n) is 7.58. The molecular weight excluding hydrogens is 611 g/mol. The highest BCUT2D eigenvalue weighted by molar-refractivity contribution is 8.00. The highest BCUT2D eigenvalue weighted by Crippen LogP contribution is 2.57. The van der Waals surface area contributed by atoms with E-state index in [9.17, 15) is 5.26 Å². The molecule has 15 heteroatoms. The molecule has 2 atom stereocenters. The molecule has 3 aromatic rings. The van der Waals surface area contributed by atoms with Crippen LogP contribution in [0.15, 0.2) is 18.3 Å². The largest absolute Gasteiger partial charge is 0.461 e. The number of anilines is 4. The van der Waals surface area contributed by atoms with Crippen LogP contribution in [0.5, 0.6) is 6.01 Å². The molecule has 4 fully saturated rings. The zero-order valence-corrected chi connectivity index (χ0v) is 27.1. The second-order valence-electron chi connectivity index (χ2n) is 13.0. The van der Waals surface area contributed by atoms with Crippen LogP contribution >= 0.6 is 23.1 Å². The Hall–Kier alpha value is -3.42. The molecular formula is C30H37N11O2S2. The zero-order chi connectivity index (χ0) is 30.9. The second kappa shape index (κ2) is 10.8. The van der Waals surface area contributed by atoms with Crippen molar-refractivity contribution in [3.8, 4) is 12.1 Å². The van der Waals surface area contributed by atoms with E-state index in [0.717, 1.165) is 42.8 Å². The predicted octanol–water partition coefficient (Wildman–Crippen LogP) is 1.89. The topological polar surface area (TPSA) is 159 Å². The monoisotopic (exact) mass is 647 g/mol. The molecule has 5 aliphatic heterocycles. The van der Waals surface area contributed by atoms with E-state index >= 15 is 0 Å². The minimum absolute atomic E-state index is 0.0828. The van der Waals surface area contributed by atoms with Gasteiger partial charge >= 0.3 is 6.01 Å². The Kier molecular flexibility index (Phi) is 6.99. The maximum atomic E-state index is 9.88. The molecule has 13 nitrogen and oxygen atoms in total. The van der Waals surface area contributed by atoms with Gasteiger partial charge in [0.15, 0.2) is 0 Å². The van der Waals surface area contributed by atoms with Crippen LogP contribution in [0.2, 0.25) is 0 Å². The van der Waals surface area contributed by atoms with Crippen LogP contribution in [-0.2, 0) is 21.8 Å². The van der Waals surface area contributed by atoms with Crippen molar-refractivity contribution >= 4 is 45.8 Å². The van der Waals surface area contributed by atoms with Gasteiger partial charge in [-0.05, 0) is 33.0 Å². The third-order valence-corrected chi connectivity index (χ3v) is 12.9. The number of piperazine rings is 1. The summed E-state index contributed by atoms with van der Waals surface area (Å²) < 4.78 is 11.9. The second-order valence-corrected chi connectivity index (χ2v) is 15.5. The summed E-state index contributed by atoms with van der Waals surface area (Å²) >= 11 is 3.42. The Labute approximate surface area is 270 Å². The fraction of sp³-hybridized carbons (Fsp3) is 0.567. The summed E-state index contributed by atoms with van der Waals surface area (Å²) in [5.74, 6) is 2.44. The van der Waals surface area contributed by atoms with Gasteiger partial charge in [-0.3, -0.25) is 4.90 Å². The number of thiophene rings is 1. The van der Waals surface area contributed by atoms with Gasteiger partial charge in [-0.1, -0.05) is 6.07 Å². The Balaban J connectivity index is 1.12. The number of nitrogen functional groups attached to an aromatic ring is 2. The fourth-order valence-corrected chi connectivity index (χ4v) is 10.4. The maximum Gasteiger partial charge on any atom is 0.323 e. The van der Waals surface area contributed by atoms with E-state index in [1.165, 1.54) is 16.2 Å². The van der Waals surface area contributed by atoms with Crippen LogP contribution in [0.25, 0.3) is 0 Å². The summed E-state index contributed by atoms with van der Waals surface area (Å²) in [6, 6.07) is 7.16. The number of fused-ring (bicyclic) bond motifs is 4. The van der Waals surface area contributed by atoms with Crippen molar-refractivity contribution in [3.05, 3.63) is 39.9 Å². The summed E-state index contributed by atoms with van der Waals surface area (Å²) in [5.41, 5.74) is 15.0. The van der Waals surface area contributed by atoms with E-state index in [-0.39, 0.29) is 16.3 Å². The first-order valence-electron chi connectivity index (χ1n) is 15.3. The molecule has 0 aromatic carbocycles. The molecule has 4 N–H and O–H groups in total. The number of nitrogens with two attached hydrogens (primary N) is 2. The average Bonchev–Trinajstić information content (AvgIpc) is 3.56. The lowest BCUT2D eigenvalue weighted by atomic mass is 9.88. The van der Waals surface area contributed by atoms with Crippen molar-refractivity contribution in [2.24, 2.45) is 0 Å². The van der Waals surface area contributed by atoms with Crippen molar-refractivity contribution in [3.63, 3.8) is 0 Å². The van der Waals surface area contributed by atoms with Gasteiger partial charge in [0.25, 0.3) is 0 Å². The Morgan fingerprint density at radius 2 is 2.04 bits per heavy atom. The molecule has 0 radical (unpaired) electrons. The Morgan fingerprint density at radius 1 is 1.20 bits per heavy atom.